The van der Waals surface area contributed by atoms with Crippen LogP contribution in [0.3, 0.4) is 0 Å². The van der Waals surface area contributed by atoms with Gasteiger partial charge in [-0.2, -0.15) is 0 Å². The third-order valence-electron chi connectivity index (χ3n) is 3.01. The molecule has 0 saturated carbocycles. The first kappa shape index (κ1) is 10.4. The summed E-state index contributed by atoms with van der Waals surface area (Å²) in [6, 6.07) is 14.7. The van der Waals surface area contributed by atoms with Crippen LogP contribution in [0.4, 0.5) is 0 Å². The fraction of sp³-hybridized carbons (Fsp3) is 0.200. The van der Waals surface area contributed by atoms with E-state index in [2.05, 4.69) is 48.6 Å². The highest BCUT2D eigenvalue weighted by atomic mass is 16.3. The topological polar surface area (TPSA) is 25.2 Å². The van der Waals surface area contributed by atoms with E-state index in [1.54, 1.807) is 0 Å². The summed E-state index contributed by atoms with van der Waals surface area (Å²) in [5.41, 5.74) is 0.996. The maximum Gasteiger partial charge on any atom is 0.142 e. The molecule has 0 saturated heterocycles. The van der Waals surface area contributed by atoms with E-state index in [-0.39, 0.29) is 0 Å². The van der Waals surface area contributed by atoms with Crippen LogP contribution in [-0.2, 0) is 6.54 Å². The van der Waals surface area contributed by atoms with Crippen LogP contribution in [0, 0.1) is 0 Å². The van der Waals surface area contributed by atoms with E-state index >= 15 is 0 Å². The molecule has 3 rings (SSSR count). The van der Waals surface area contributed by atoms with Crippen molar-refractivity contribution in [1.82, 2.24) is 5.32 Å². The van der Waals surface area contributed by atoms with Gasteiger partial charge in [-0.05, 0) is 18.0 Å². The first-order chi connectivity index (χ1) is 8.38. The average Bonchev–Trinajstić information content (AvgIpc) is 2.79. The monoisotopic (exact) mass is 225 g/mol. The van der Waals surface area contributed by atoms with Crippen molar-refractivity contribution in [2.24, 2.45) is 0 Å². The van der Waals surface area contributed by atoms with Gasteiger partial charge in [-0.15, -0.1) is 0 Å². The number of fused-ring (bicyclic) bond motifs is 3. The Labute approximate surface area is 100 Å². The minimum absolute atomic E-state index is 0.791. The first-order valence-corrected chi connectivity index (χ1v) is 5.99. The van der Waals surface area contributed by atoms with Crippen molar-refractivity contribution in [1.29, 1.82) is 0 Å². The van der Waals surface area contributed by atoms with E-state index in [0.29, 0.717) is 0 Å². The Morgan fingerprint density at radius 3 is 2.76 bits per heavy atom. The Morgan fingerprint density at radius 1 is 1.06 bits per heavy atom. The lowest BCUT2D eigenvalue weighted by molar-refractivity contribution is 0.522. The van der Waals surface area contributed by atoms with Gasteiger partial charge in [-0.1, -0.05) is 43.3 Å². The standard InChI is InChI=1S/C15H15NO/c1-2-16-10-13-9-12-8-7-11-5-3-4-6-14(11)15(12)17-13/h3-9,16H,2,10H2,1H3. The summed E-state index contributed by atoms with van der Waals surface area (Å²) in [4.78, 5) is 0. The molecule has 17 heavy (non-hydrogen) atoms. The molecule has 3 aromatic rings. The summed E-state index contributed by atoms with van der Waals surface area (Å²) >= 11 is 0. The molecule has 1 heterocycles. The third-order valence-corrected chi connectivity index (χ3v) is 3.01. The zero-order chi connectivity index (χ0) is 11.7. The molecule has 0 aliphatic carbocycles. The van der Waals surface area contributed by atoms with Gasteiger partial charge in [0.25, 0.3) is 0 Å². The predicted molar refractivity (Wildman–Crippen MR) is 71.1 cm³/mol. The molecule has 0 amide bonds. The van der Waals surface area contributed by atoms with Crippen LogP contribution < -0.4 is 5.32 Å². The summed E-state index contributed by atoms with van der Waals surface area (Å²) in [5, 5.41) is 6.87. The van der Waals surface area contributed by atoms with Crippen LogP contribution in [-0.4, -0.2) is 6.54 Å². The number of furan rings is 1. The van der Waals surface area contributed by atoms with Gasteiger partial charge in [0.2, 0.25) is 0 Å². The normalized spacial score (nSPS) is 11.4. The molecule has 0 atom stereocenters. The van der Waals surface area contributed by atoms with Gasteiger partial charge in [-0.3, -0.25) is 0 Å². The van der Waals surface area contributed by atoms with Crippen molar-refractivity contribution in [3.8, 4) is 0 Å². The number of hydrogen-bond acceptors (Lipinski definition) is 2. The van der Waals surface area contributed by atoms with Gasteiger partial charge in [0.1, 0.15) is 11.3 Å². The Hall–Kier alpha value is -1.80. The molecule has 0 bridgehead atoms. The van der Waals surface area contributed by atoms with Crippen molar-refractivity contribution in [3.63, 3.8) is 0 Å². The second kappa shape index (κ2) is 4.22. The zero-order valence-electron chi connectivity index (χ0n) is 9.86. The lowest BCUT2D eigenvalue weighted by Gasteiger charge is -1.97. The molecule has 0 aliphatic heterocycles. The fourth-order valence-corrected chi connectivity index (χ4v) is 2.16. The first-order valence-electron chi connectivity index (χ1n) is 5.99. The number of benzene rings is 2. The minimum atomic E-state index is 0.791. The van der Waals surface area contributed by atoms with Gasteiger partial charge in [0.05, 0.1) is 6.54 Å². The molecule has 2 heteroatoms. The van der Waals surface area contributed by atoms with Crippen LogP contribution >= 0.6 is 0 Å². The van der Waals surface area contributed by atoms with Crippen molar-refractivity contribution in [2.45, 2.75) is 13.5 Å². The molecule has 86 valence electrons. The number of hydrogen-bond donors (Lipinski definition) is 1. The zero-order valence-corrected chi connectivity index (χ0v) is 9.86. The molecule has 0 aliphatic rings. The average molecular weight is 225 g/mol. The van der Waals surface area contributed by atoms with Crippen molar-refractivity contribution in [3.05, 3.63) is 48.2 Å². The van der Waals surface area contributed by atoms with E-state index in [4.69, 9.17) is 4.42 Å². The lowest BCUT2D eigenvalue weighted by Crippen LogP contribution is -2.10. The Kier molecular flexibility index (Phi) is 2.57. The second-order valence-electron chi connectivity index (χ2n) is 4.20. The highest BCUT2D eigenvalue weighted by Gasteiger charge is 2.06. The molecule has 0 radical (unpaired) electrons. The minimum Gasteiger partial charge on any atom is -0.459 e. The van der Waals surface area contributed by atoms with E-state index in [9.17, 15) is 0 Å². The van der Waals surface area contributed by atoms with Crippen molar-refractivity contribution >= 4 is 21.7 Å². The second-order valence-corrected chi connectivity index (χ2v) is 4.20. The highest BCUT2D eigenvalue weighted by molar-refractivity contribution is 6.04. The summed E-state index contributed by atoms with van der Waals surface area (Å²) in [6.45, 7) is 3.84. The maximum atomic E-state index is 5.92. The van der Waals surface area contributed by atoms with Crippen LogP contribution in [0.25, 0.3) is 21.7 Å². The molecule has 2 aromatic carbocycles. The van der Waals surface area contributed by atoms with Gasteiger partial charge >= 0.3 is 0 Å². The van der Waals surface area contributed by atoms with Gasteiger partial charge in [-0.25, -0.2) is 0 Å². The van der Waals surface area contributed by atoms with Crippen LogP contribution in [0.2, 0.25) is 0 Å². The fourth-order valence-electron chi connectivity index (χ4n) is 2.16. The number of nitrogens with one attached hydrogen (secondary N) is 1. The molecule has 0 spiro atoms. The largest absolute Gasteiger partial charge is 0.459 e. The van der Waals surface area contributed by atoms with E-state index in [1.165, 1.54) is 16.2 Å². The van der Waals surface area contributed by atoms with E-state index < -0.39 is 0 Å². The summed E-state index contributed by atoms with van der Waals surface area (Å²) in [7, 11) is 0. The van der Waals surface area contributed by atoms with Gasteiger partial charge < -0.3 is 9.73 Å². The molecular weight excluding hydrogens is 210 g/mol. The highest BCUT2D eigenvalue weighted by Crippen LogP contribution is 2.27. The predicted octanol–water partition coefficient (Wildman–Crippen LogP) is 3.70. The molecule has 0 fully saturated rings. The molecule has 0 unspecified atom stereocenters. The Balaban J connectivity index is 2.17. The van der Waals surface area contributed by atoms with Crippen LogP contribution in [0.5, 0.6) is 0 Å². The Morgan fingerprint density at radius 2 is 1.88 bits per heavy atom. The van der Waals surface area contributed by atoms with Crippen LogP contribution in [0.1, 0.15) is 12.7 Å². The molecule has 1 aromatic heterocycles. The van der Waals surface area contributed by atoms with Crippen molar-refractivity contribution < 1.29 is 4.42 Å². The summed E-state index contributed by atoms with van der Waals surface area (Å²) in [6.07, 6.45) is 0. The smallest absolute Gasteiger partial charge is 0.142 e. The SMILES string of the molecule is CCNCc1cc2ccc3ccccc3c2o1. The van der Waals surface area contributed by atoms with E-state index in [0.717, 1.165) is 24.4 Å². The van der Waals surface area contributed by atoms with Crippen LogP contribution in [0.15, 0.2) is 46.9 Å². The quantitative estimate of drug-likeness (QED) is 0.735. The summed E-state index contributed by atoms with van der Waals surface area (Å²) in [5.74, 6) is 0.998. The third kappa shape index (κ3) is 1.81. The van der Waals surface area contributed by atoms with Crippen molar-refractivity contribution in [2.75, 3.05) is 6.54 Å². The molecule has 1 N–H and O–H groups in total. The Bertz CT molecular complexity index is 654. The number of rotatable bonds is 3. The van der Waals surface area contributed by atoms with Gasteiger partial charge in [0.15, 0.2) is 0 Å². The van der Waals surface area contributed by atoms with Gasteiger partial charge in [0, 0.05) is 10.8 Å². The lowest BCUT2D eigenvalue weighted by atomic mass is 10.1. The van der Waals surface area contributed by atoms with E-state index in [1.807, 2.05) is 6.07 Å². The molecule has 2 nitrogen and oxygen atoms in total. The molecular formula is C15H15NO. The summed E-state index contributed by atoms with van der Waals surface area (Å²) < 4.78 is 5.92. The maximum absolute atomic E-state index is 5.92.